The Kier molecular flexibility index (Phi) is 6.00. The van der Waals surface area contributed by atoms with Crippen LogP contribution < -0.4 is 0 Å². The van der Waals surface area contributed by atoms with Crippen LogP contribution >= 0.6 is 0 Å². The molecule has 1 aliphatic carbocycles. The second kappa shape index (κ2) is 8.04. The number of nitrogens with zero attached hydrogens (tertiary/aromatic N) is 2. The number of rotatable bonds is 4. The van der Waals surface area contributed by atoms with Gasteiger partial charge in [0.05, 0.1) is 26.3 Å². The molecule has 3 fully saturated rings. The van der Waals surface area contributed by atoms with Crippen molar-refractivity contribution in [2.75, 3.05) is 39.5 Å². The minimum absolute atomic E-state index is 0.000147. The summed E-state index contributed by atoms with van der Waals surface area (Å²) in [5.74, 6) is 0.954. The molecule has 1 unspecified atom stereocenters. The molecule has 6 nitrogen and oxygen atoms in total. The maximum Gasteiger partial charge on any atom is 0.248 e. The quantitative estimate of drug-likeness (QED) is 0.774. The fraction of sp³-hybridized carbons (Fsp3) is 0.895. The summed E-state index contributed by atoms with van der Waals surface area (Å²) < 4.78 is 11.7. The van der Waals surface area contributed by atoms with Crippen LogP contribution in [-0.2, 0) is 19.1 Å². The molecule has 1 saturated carbocycles. The van der Waals surface area contributed by atoms with Crippen LogP contribution in [0.3, 0.4) is 0 Å². The molecule has 142 valence electrons. The lowest BCUT2D eigenvalue weighted by molar-refractivity contribution is -0.162. The van der Waals surface area contributed by atoms with Gasteiger partial charge in [-0.2, -0.15) is 0 Å². The van der Waals surface area contributed by atoms with Crippen LogP contribution in [0.1, 0.15) is 52.4 Å². The van der Waals surface area contributed by atoms with Gasteiger partial charge in [-0.15, -0.1) is 0 Å². The van der Waals surface area contributed by atoms with Crippen molar-refractivity contribution < 1.29 is 19.1 Å². The van der Waals surface area contributed by atoms with Gasteiger partial charge >= 0.3 is 0 Å². The number of ether oxygens (including phenoxy) is 2. The Morgan fingerprint density at radius 1 is 1.28 bits per heavy atom. The molecule has 3 aliphatic rings. The fourth-order valence-corrected chi connectivity index (χ4v) is 4.35. The monoisotopic (exact) mass is 352 g/mol. The highest BCUT2D eigenvalue weighted by Crippen LogP contribution is 2.29. The third-order valence-electron chi connectivity index (χ3n) is 5.84. The predicted molar refractivity (Wildman–Crippen MR) is 94.1 cm³/mol. The van der Waals surface area contributed by atoms with E-state index in [2.05, 4.69) is 0 Å². The molecule has 2 amide bonds. The number of hydrogen-bond acceptors (Lipinski definition) is 4. The van der Waals surface area contributed by atoms with E-state index in [0.29, 0.717) is 39.3 Å². The van der Waals surface area contributed by atoms with E-state index in [-0.39, 0.29) is 24.5 Å². The number of carbonyl (C=O) groups is 2. The van der Waals surface area contributed by atoms with Crippen LogP contribution in [0.2, 0.25) is 0 Å². The zero-order valence-electron chi connectivity index (χ0n) is 15.7. The van der Waals surface area contributed by atoms with Crippen LogP contribution in [0.15, 0.2) is 0 Å². The van der Waals surface area contributed by atoms with E-state index >= 15 is 0 Å². The topological polar surface area (TPSA) is 59.1 Å². The number of hydrogen-bond donors (Lipinski definition) is 0. The predicted octanol–water partition coefficient (Wildman–Crippen LogP) is 1.82. The molecule has 0 aromatic rings. The van der Waals surface area contributed by atoms with Gasteiger partial charge in [-0.05, 0) is 26.2 Å². The molecule has 6 heteroatoms. The fourth-order valence-electron chi connectivity index (χ4n) is 4.35. The van der Waals surface area contributed by atoms with Gasteiger partial charge in [0.15, 0.2) is 0 Å². The molecular formula is C19H32N2O4. The van der Waals surface area contributed by atoms with Crippen LogP contribution in [0.5, 0.6) is 0 Å². The molecule has 2 saturated heterocycles. The second-order valence-corrected chi connectivity index (χ2v) is 8.14. The van der Waals surface area contributed by atoms with Gasteiger partial charge in [0, 0.05) is 19.0 Å². The van der Waals surface area contributed by atoms with Gasteiger partial charge in [0.1, 0.15) is 12.2 Å². The first-order valence-electron chi connectivity index (χ1n) is 9.78. The Morgan fingerprint density at radius 3 is 2.76 bits per heavy atom. The van der Waals surface area contributed by atoms with E-state index in [1.165, 1.54) is 25.7 Å². The molecule has 0 aromatic heterocycles. The third-order valence-corrected chi connectivity index (χ3v) is 5.84. The molecule has 0 N–H and O–H groups in total. The van der Waals surface area contributed by atoms with E-state index in [0.717, 1.165) is 12.3 Å². The minimum Gasteiger partial charge on any atom is -0.368 e. The highest BCUT2D eigenvalue weighted by molar-refractivity contribution is 5.78. The average Bonchev–Trinajstić information content (AvgIpc) is 3.05. The first kappa shape index (κ1) is 18.6. The van der Waals surface area contributed by atoms with E-state index in [1.807, 2.05) is 23.6 Å². The Morgan fingerprint density at radius 2 is 2.04 bits per heavy atom. The van der Waals surface area contributed by atoms with Crippen molar-refractivity contribution >= 4 is 11.8 Å². The van der Waals surface area contributed by atoms with Crippen LogP contribution in [0.25, 0.3) is 0 Å². The standard InChI is InChI=1S/C19H32N2O4/c1-15(2)21-13-19(14-24-11-18(21)23)12-20(9-10-25-19)17(22)8-7-16-5-3-4-6-16/h15-16H,3-14H2,1-2H3. The van der Waals surface area contributed by atoms with E-state index in [9.17, 15) is 9.59 Å². The van der Waals surface area contributed by atoms with Crippen molar-refractivity contribution in [1.82, 2.24) is 9.80 Å². The lowest BCUT2D eigenvalue weighted by atomic mass is 9.99. The van der Waals surface area contributed by atoms with Gasteiger partial charge in [-0.3, -0.25) is 9.59 Å². The molecule has 0 radical (unpaired) electrons. The van der Waals surface area contributed by atoms with E-state index in [4.69, 9.17) is 9.47 Å². The number of morpholine rings is 1. The van der Waals surface area contributed by atoms with Crippen molar-refractivity contribution in [2.24, 2.45) is 5.92 Å². The largest absolute Gasteiger partial charge is 0.368 e. The molecule has 3 rings (SSSR count). The Balaban J connectivity index is 1.60. The lowest BCUT2D eigenvalue weighted by Gasteiger charge is -2.44. The first-order valence-corrected chi connectivity index (χ1v) is 9.78. The van der Waals surface area contributed by atoms with E-state index in [1.54, 1.807) is 0 Å². The smallest absolute Gasteiger partial charge is 0.248 e. The summed E-state index contributed by atoms with van der Waals surface area (Å²) in [6.07, 6.45) is 6.83. The van der Waals surface area contributed by atoms with Gasteiger partial charge in [-0.1, -0.05) is 25.7 Å². The van der Waals surface area contributed by atoms with Crippen molar-refractivity contribution in [3.05, 3.63) is 0 Å². The molecule has 1 spiro atoms. The van der Waals surface area contributed by atoms with Gasteiger partial charge in [0.2, 0.25) is 11.8 Å². The van der Waals surface area contributed by atoms with Crippen molar-refractivity contribution in [2.45, 2.75) is 64.0 Å². The van der Waals surface area contributed by atoms with Gasteiger partial charge < -0.3 is 19.3 Å². The zero-order valence-corrected chi connectivity index (χ0v) is 15.7. The first-order chi connectivity index (χ1) is 12.0. The van der Waals surface area contributed by atoms with Gasteiger partial charge in [0.25, 0.3) is 0 Å². The number of amides is 2. The molecule has 1 atom stereocenters. The highest BCUT2D eigenvalue weighted by atomic mass is 16.5. The van der Waals surface area contributed by atoms with Crippen LogP contribution in [0, 0.1) is 5.92 Å². The highest BCUT2D eigenvalue weighted by Gasteiger charge is 2.43. The summed E-state index contributed by atoms with van der Waals surface area (Å²) in [5, 5.41) is 0. The van der Waals surface area contributed by atoms with Crippen molar-refractivity contribution in [3.63, 3.8) is 0 Å². The van der Waals surface area contributed by atoms with Crippen LogP contribution in [-0.4, -0.2) is 72.7 Å². The number of carbonyl (C=O) groups excluding carboxylic acids is 2. The summed E-state index contributed by atoms with van der Waals surface area (Å²) in [4.78, 5) is 28.7. The summed E-state index contributed by atoms with van der Waals surface area (Å²) in [6.45, 7) is 6.64. The Hall–Kier alpha value is -1.14. The molecule has 0 aromatic carbocycles. The molecule has 0 bridgehead atoms. The zero-order chi connectivity index (χ0) is 17.9. The Labute approximate surface area is 150 Å². The van der Waals surface area contributed by atoms with Crippen molar-refractivity contribution in [1.29, 1.82) is 0 Å². The molecule has 2 heterocycles. The average molecular weight is 352 g/mol. The Bertz CT molecular complexity index is 490. The van der Waals surface area contributed by atoms with E-state index < -0.39 is 5.60 Å². The summed E-state index contributed by atoms with van der Waals surface area (Å²) in [5.41, 5.74) is -0.586. The molecule has 25 heavy (non-hydrogen) atoms. The summed E-state index contributed by atoms with van der Waals surface area (Å²) in [6, 6.07) is 0.100. The third kappa shape index (κ3) is 4.53. The summed E-state index contributed by atoms with van der Waals surface area (Å²) in [7, 11) is 0. The normalized spacial score (nSPS) is 28.8. The van der Waals surface area contributed by atoms with Crippen molar-refractivity contribution in [3.8, 4) is 0 Å². The maximum absolute atomic E-state index is 12.7. The second-order valence-electron chi connectivity index (χ2n) is 8.14. The summed E-state index contributed by atoms with van der Waals surface area (Å²) >= 11 is 0. The molecule has 2 aliphatic heterocycles. The van der Waals surface area contributed by atoms with Crippen LogP contribution in [0.4, 0.5) is 0 Å². The molecular weight excluding hydrogens is 320 g/mol. The lowest BCUT2D eigenvalue weighted by Crippen LogP contribution is -2.60. The van der Waals surface area contributed by atoms with Gasteiger partial charge in [-0.25, -0.2) is 0 Å². The maximum atomic E-state index is 12.7. The SMILES string of the molecule is CC(C)N1CC2(COCC1=O)CN(C(=O)CCC1CCCC1)CCO2. The minimum atomic E-state index is -0.586.